The highest BCUT2D eigenvalue weighted by Gasteiger charge is 2.53. The van der Waals surface area contributed by atoms with Crippen LogP contribution in [0.2, 0.25) is 0 Å². The number of carboxylic acids is 1. The molecule has 8 heteroatoms. The molecule has 0 saturated carbocycles. The quantitative estimate of drug-likeness (QED) is 0.608. The minimum atomic E-state index is -4.06. The Morgan fingerprint density at radius 3 is 2.43 bits per heavy atom. The van der Waals surface area contributed by atoms with Crippen LogP contribution in [-0.2, 0) is 21.2 Å². The molecule has 1 saturated heterocycles. The molecule has 0 radical (unpaired) electrons. The molecular formula is C22H28N2O5S. The summed E-state index contributed by atoms with van der Waals surface area (Å²) in [5.41, 5.74) is 0.877. The molecule has 2 aromatic rings. The Bertz CT molecular complexity index is 937. The lowest BCUT2D eigenvalue weighted by atomic mass is 9.95. The van der Waals surface area contributed by atoms with E-state index in [1.165, 1.54) is 12.1 Å². The number of aromatic nitrogens is 1. The molecule has 1 N–H and O–H groups in total. The molecule has 1 aliphatic heterocycles. The van der Waals surface area contributed by atoms with Gasteiger partial charge in [0.15, 0.2) is 14.6 Å². The van der Waals surface area contributed by atoms with Crippen molar-refractivity contribution in [3.05, 3.63) is 54.4 Å². The van der Waals surface area contributed by atoms with E-state index in [9.17, 15) is 18.3 Å². The summed E-state index contributed by atoms with van der Waals surface area (Å²) in [5.74, 6) is -0.708. The summed E-state index contributed by atoms with van der Waals surface area (Å²) >= 11 is 0. The lowest BCUT2D eigenvalue weighted by Gasteiger charge is -2.38. The van der Waals surface area contributed by atoms with Crippen molar-refractivity contribution in [2.75, 3.05) is 19.7 Å². The average molecular weight is 433 g/mol. The number of ether oxygens (including phenoxy) is 1. The van der Waals surface area contributed by atoms with Crippen LogP contribution >= 0.6 is 0 Å². The van der Waals surface area contributed by atoms with Crippen molar-refractivity contribution < 1.29 is 23.1 Å². The first kappa shape index (κ1) is 22.2. The maximum absolute atomic E-state index is 13.3. The van der Waals surface area contributed by atoms with Gasteiger partial charge in [-0.2, -0.15) is 0 Å². The first-order chi connectivity index (χ1) is 14.4. The van der Waals surface area contributed by atoms with Gasteiger partial charge in [-0.15, -0.1) is 0 Å². The summed E-state index contributed by atoms with van der Waals surface area (Å²) in [6.07, 6.45) is 3.70. The van der Waals surface area contributed by atoms with Gasteiger partial charge in [0.1, 0.15) is 5.75 Å². The first-order valence-electron chi connectivity index (χ1n) is 10.2. The Morgan fingerprint density at radius 1 is 1.17 bits per heavy atom. The van der Waals surface area contributed by atoms with Crippen LogP contribution in [0.1, 0.15) is 38.3 Å². The standard InChI is InChI=1S/C22H28N2O5S/c1-2-3-16-29-19-7-9-20(10-8-19)30(27,28)22(21(25)26)11-14-24(15-12-22)17-18-6-4-5-13-23-18/h4-10,13H,2-3,11-12,14-17H2,1H3,(H,25,26). The van der Waals surface area contributed by atoms with E-state index in [1.807, 2.05) is 23.1 Å². The van der Waals surface area contributed by atoms with Gasteiger partial charge in [-0.3, -0.25) is 14.7 Å². The lowest BCUT2D eigenvalue weighted by molar-refractivity contribution is -0.141. The number of likely N-dealkylation sites (tertiary alicyclic amines) is 1. The highest BCUT2D eigenvalue weighted by molar-refractivity contribution is 7.93. The topological polar surface area (TPSA) is 96.8 Å². The number of rotatable bonds is 9. The number of aliphatic carboxylic acids is 1. The van der Waals surface area contributed by atoms with Crippen LogP contribution in [0.5, 0.6) is 5.75 Å². The largest absolute Gasteiger partial charge is 0.494 e. The smallest absolute Gasteiger partial charge is 0.325 e. The Morgan fingerprint density at radius 2 is 1.87 bits per heavy atom. The molecule has 1 aliphatic rings. The summed E-state index contributed by atoms with van der Waals surface area (Å²) in [4.78, 5) is 18.5. The summed E-state index contributed by atoms with van der Waals surface area (Å²) in [7, 11) is -4.06. The molecule has 0 unspecified atom stereocenters. The van der Waals surface area contributed by atoms with Crippen LogP contribution in [0.25, 0.3) is 0 Å². The molecule has 1 fully saturated rings. The third kappa shape index (κ3) is 4.65. The lowest BCUT2D eigenvalue weighted by Crippen LogP contribution is -2.54. The van der Waals surface area contributed by atoms with Crippen LogP contribution < -0.4 is 4.74 Å². The number of hydrogen-bond donors (Lipinski definition) is 1. The molecule has 1 aromatic heterocycles. The third-order valence-corrected chi connectivity index (χ3v) is 8.08. The van der Waals surface area contributed by atoms with Gasteiger partial charge in [0, 0.05) is 25.8 Å². The maximum Gasteiger partial charge on any atom is 0.325 e. The number of nitrogens with zero attached hydrogens (tertiary/aromatic N) is 2. The molecule has 1 aromatic carbocycles. The molecular weight excluding hydrogens is 404 g/mol. The van der Waals surface area contributed by atoms with E-state index in [2.05, 4.69) is 11.9 Å². The van der Waals surface area contributed by atoms with Crippen molar-refractivity contribution in [2.45, 2.75) is 48.8 Å². The van der Waals surface area contributed by atoms with Crippen molar-refractivity contribution in [2.24, 2.45) is 0 Å². The molecule has 30 heavy (non-hydrogen) atoms. The second-order valence-electron chi connectivity index (χ2n) is 7.57. The van der Waals surface area contributed by atoms with E-state index >= 15 is 0 Å². The molecule has 162 valence electrons. The molecule has 7 nitrogen and oxygen atoms in total. The number of carbonyl (C=O) groups is 1. The third-order valence-electron chi connectivity index (χ3n) is 5.58. The summed E-state index contributed by atoms with van der Waals surface area (Å²) < 4.78 is 30.4. The summed E-state index contributed by atoms with van der Waals surface area (Å²) in [6, 6.07) is 11.7. The highest BCUT2D eigenvalue weighted by atomic mass is 32.2. The first-order valence-corrected chi connectivity index (χ1v) is 11.7. The number of benzene rings is 1. The van der Waals surface area contributed by atoms with Gasteiger partial charge >= 0.3 is 5.97 Å². The molecule has 0 amide bonds. The average Bonchev–Trinajstić information content (AvgIpc) is 2.75. The predicted octanol–water partition coefficient (Wildman–Crippen LogP) is 3.15. The zero-order valence-electron chi connectivity index (χ0n) is 17.2. The van der Waals surface area contributed by atoms with Gasteiger partial charge in [0.05, 0.1) is 17.2 Å². The fourth-order valence-electron chi connectivity index (χ4n) is 3.67. The van der Waals surface area contributed by atoms with E-state index in [-0.39, 0.29) is 17.7 Å². The Labute approximate surface area is 177 Å². The number of unbranched alkanes of at least 4 members (excludes halogenated alkanes) is 1. The Hall–Kier alpha value is -2.45. The monoisotopic (exact) mass is 432 g/mol. The highest BCUT2D eigenvalue weighted by Crippen LogP contribution is 2.36. The van der Waals surface area contributed by atoms with Crippen molar-refractivity contribution >= 4 is 15.8 Å². The van der Waals surface area contributed by atoms with Crippen molar-refractivity contribution in [1.29, 1.82) is 0 Å². The van der Waals surface area contributed by atoms with Crippen LogP contribution in [0, 0.1) is 0 Å². The van der Waals surface area contributed by atoms with E-state index in [0.717, 1.165) is 18.5 Å². The van der Waals surface area contributed by atoms with Crippen molar-refractivity contribution in [1.82, 2.24) is 9.88 Å². The number of pyridine rings is 1. The van der Waals surface area contributed by atoms with Gasteiger partial charge in [0.25, 0.3) is 0 Å². The number of piperidine rings is 1. The molecule has 0 bridgehead atoms. The molecule has 0 spiro atoms. The summed E-state index contributed by atoms with van der Waals surface area (Å²) in [5, 5.41) is 9.92. The Kier molecular flexibility index (Phi) is 7.10. The molecule has 0 atom stereocenters. The number of carboxylic acid groups (broad SMARTS) is 1. The van der Waals surface area contributed by atoms with Crippen molar-refractivity contribution in [3.8, 4) is 5.75 Å². The fourth-order valence-corrected chi connectivity index (χ4v) is 5.56. The molecule has 3 rings (SSSR count). The predicted molar refractivity (Wildman–Crippen MR) is 113 cm³/mol. The minimum Gasteiger partial charge on any atom is -0.494 e. The van der Waals surface area contributed by atoms with Gasteiger partial charge in [0.2, 0.25) is 0 Å². The van der Waals surface area contributed by atoms with E-state index in [4.69, 9.17) is 4.74 Å². The van der Waals surface area contributed by atoms with Crippen molar-refractivity contribution in [3.63, 3.8) is 0 Å². The van der Waals surface area contributed by atoms with Gasteiger partial charge in [-0.1, -0.05) is 19.4 Å². The van der Waals surface area contributed by atoms with E-state index < -0.39 is 20.6 Å². The van der Waals surface area contributed by atoms with Crippen LogP contribution in [-0.4, -0.2) is 53.8 Å². The summed E-state index contributed by atoms with van der Waals surface area (Å²) in [6.45, 7) is 3.95. The van der Waals surface area contributed by atoms with Gasteiger partial charge in [-0.05, 0) is 55.7 Å². The Balaban J connectivity index is 1.74. The zero-order chi connectivity index (χ0) is 21.6. The molecule has 0 aliphatic carbocycles. The molecule has 2 heterocycles. The second kappa shape index (κ2) is 9.57. The number of hydrogen-bond acceptors (Lipinski definition) is 6. The fraction of sp³-hybridized carbons (Fsp3) is 0.455. The van der Waals surface area contributed by atoms with E-state index in [1.54, 1.807) is 18.3 Å². The SMILES string of the molecule is CCCCOc1ccc(S(=O)(=O)C2(C(=O)O)CCN(Cc3ccccn3)CC2)cc1. The van der Waals surface area contributed by atoms with E-state index in [0.29, 0.717) is 32.0 Å². The van der Waals surface area contributed by atoms with Gasteiger partial charge < -0.3 is 9.84 Å². The normalized spacial score (nSPS) is 16.8. The zero-order valence-corrected chi connectivity index (χ0v) is 18.0. The van der Waals surface area contributed by atoms with Crippen LogP contribution in [0.15, 0.2) is 53.6 Å². The minimum absolute atomic E-state index is 0.0194. The number of sulfone groups is 1. The van der Waals surface area contributed by atoms with Crippen LogP contribution in [0.3, 0.4) is 0 Å². The maximum atomic E-state index is 13.3. The second-order valence-corrected chi connectivity index (χ2v) is 9.83. The van der Waals surface area contributed by atoms with Crippen LogP contribution in [0.4, 0.5) is 0 Å². The van der Waals surface area contributed by atoms with Gasteiger partial charge in [-0.25, -0.2) is 8.42 Å².